The minimum absolute atomic E-state index is 0.0639. The molecule has 3 rings (SSSR count). The number of amides is 2. The number of carbonyl (C=O) groups excluding carboxylic acids is 2. The van der Waals surface area contributed by atoms with Crippen LogP contribution in [0.1, 0.15) is 67.7 Å². The number of hydrogen-bond donors (Lipinski definition) is 2. The van der Waals surface area contributed by atoms with Gasteiger partial charge in [-0.05, 0) is 55.7 Å². The van der Waals surface area contributed by atoms with E-state index in [4.69, 9.17) is 11.6 Å². The molecule has 0 fully saturated rings. The van der Waals surface area contributed by atoms with E-state index in [0.717, 1.165) is 30.7 Å². The summed E-state index contributed by atoms with van der Waals surface area (Å²) in [5.74, 6) is -0.0923. The zero-order valence-corrected chi connectivity index (χ0v) is 21.8. The van der Waals surface area contributed by atoms with Gasteiger partial charge < -0.3 is 9.88 Å². The Bertz CT molecular complexity index is 1330. The summed E-state index contributed by atoms with van der Waals surface area (Å²) in [4.78, 5) is 29.1. The lowest BCUT2D eigenvalue weighted by Gasteiger charge is -2.12. The molecule has 0 atom stereocenters. The molecule has 188 valence electrons. The Hall–Kier alpha value is -2.91. The molecule has 0 aliphatic carbocycles. The van der Waals surface area contributed by atoms with Crippen molar-refractivity contribution in [1.82, 2.24) is 14.3 Å². The van der Waals surface area contributed by atoms with Gasteiger partial charge in [0.05, 0.1) is 23.3 Å². The van der Waals surface area contributed by atoms with E-state index in [1.54, 1.807) is 30.3 Å². The molecule has 0 saturated carbocycles. The van der Waals surface area contributed by atoms with E-state index in [2.05, 4.69) is 15.0 Å². The van der Waals surface area contributed by atoms with Gasteiger partial charge in [0.25, 0.3) is 5.91 Å². The first kappa shape index (κ1) is 26.7. The predicted octanol–water partition coefficient (Wildman–Crippen LogP) is 5.03. The van der Waals surface area contributed by atoms with Crippen molar-refractivity contribution in [3.8, 4) is 0 Å². The number of imidazole rings is 1. The van der Waals surface area contributed by atoms with Crippen LogP contribution in [0.15, 0.2) is 36.4 Å². The SMILES string of the molecule is CCCCCS(=O)(=O)NC(=O)c1ccc2nc(C)n(Cc3ccc(NC(=O)CCC)cc3Cl)c2c1. The molecule has 0 aliphatic rings. The second-order valence-electron chi connectivity index (χ2n) is 8.51. The normalized spacial score (nSPS) is 11.5. The largest absolute Gasteiger partial charge is 0.326 e. The number of nitrogens with zero attached hydrogens (tertiary/aromatic N) is 2. The summed E-state index contributed by atoms with van der Waals surface area (Å²) in [5, 5.41) is 3.32. The third-order valence-electron chi connectivity index (χ3n) is 5.61. The Morgan fingerprint density at radius 2 is 1.83 bits per heavy atom. The van der Waals surface area contributed by atoms with Crippen LogP contribution >= 0.6 is 11.6 Å². The van der Waals surface area contributed by atoms with Gasteiger partial charge in [0.15, 0.2) is 0 Å². The van der Waals surface area contributed by atoms with Crippen LogP contribution in [-0.4, -0.2) is 35.5 Å². The molecule has 8 nitrogen and oxygen atoms in total. The number of halogens is 1. The van der Waals surface area contributed by atoms with Gasteiger partial charge in [0, 0.05) is 22.7 Å². The highest BCUT2D eigenvalue weighted by Crippen LogP contribution is 2.25. The number of benzene rings is 2. The van der Waals surface area contributed by atoms with Crippen molar-refractivity contribution in [2.75, 3.05) is 11.1 Å². The number of sulfonamides is 1. The molecule has 1 heterocycles. The summed E-state index contributed by atoms with van der Waals surface area (Å²) in [6.07, 6.45) is 3.38. The summed E-state index contributed by atoms with van der Waals surface area (Å²) in [6, 6.07) is 10.3. The van der Waals surface area contributed by atoms with Crippen LogP contribution < -0.4 is 10.0 Å². The highest BCUT2D eigenvalue weighted by molar-refractivity contribution is 7.90. The second-order valence-corrected chi connectivity index (χ2v) is 10.8. The van der Waals surface area contributed by atoms with Crippen LogP contribution in [-0.2, 0) is 21.4 Å². The van der Waals surface area contributed by atoms with Crippen molar-refractivity contribution in [3.63, 3.8) is 0 Å². The average Bonchev–Trinajstić information content (AvgIpc) is 3.09. The van der Waals surface area contributed by atoms with Gasteiger partial charge in [-0.15, -0.1) is 0 Å². The van der Waals surface area contributed by atoms with Crippen LogP contribution in [0.2, 0.25) is 5.02 Å². The summed E-state index contributed by atoms with van der Waals surface area (Å²) in [6.45, 7) is 6.17. The summed E-state index contributed by atoms with van der Waals surface area (Å²) in [7, 11) is -3.70. The smallest absolute Gasteiger partial charge is 0.264 e. The number of fused-ring (bicyclic) bond motifs is 1. The molecule has 0 radical (unpaired) electrons. The van der Waals surface area contributed by atoms with Crippen LogP contribution in [0.3, 0.4) is 0 Å². The Labute approximate surface area is 211 Å². The van der Waals surface area contributed by atoms with Crippen LogP contribution in [0.4, 0.5) is 5.69 Å². The number of aryl methyl sites for hydroxylation is 1. The van der Waals surface area contributed by atoms with Crippen molar-refractivity contribution >= 4 is 50.2 Å². The zero-order chi connectivity index (χ0) is 25.6. The maximum atomic E-state index is 12.7. The Kier molecular flexibility index (Phi) is 8.91. The van der Waals surface area contributed by atoms with Gasteiger partial charge in [0.2, 0.25) is 15.9 Å². The van der Waals surface area contributed by atoms with Gasteiger partial charge in [0.1, 0.15) is 5.82 Å². The van der Waals surface area contributed by atoms with E-state index in [1.807, 2.05) is 31.4 Å². The number of carbonyl (C=O) groups is 2. The molecular weight excluding hydrogens is 488 g/mol. The van der Waals surface area contributed by atoms with Gasteiger partial charge >= 0.3 is 0 Å². The highest BCUT2D eigenvalue weighted by atomic mass is 35.5. The first-order chi connectivity index (χ1) is 16.6. The highest BCUT2D eigenvalue weighted by Gasteiger charge is 2.18. The molecule has 35 heavy (non-hydrogen) atoms. The molecule has 1 aromatic heterocycles. The summed E-state index contributed by atoms with van der Waals surface area (Å²) < 4.78 is 28.6. The molecule has 2 amide bonds. The van der Waals surface area contributed by atoms with E-state index in [-0.39, 0.29) is 17.2 Å². The van der Waals surface area contributed by atoms with Crippen LogP contribution in [0.25, 0.3) is 11.0 Å². The molecule has 0 saturated heterocycles. The number of nitrogens with one attached hydrogen (secondary N) is 2. The molecule has 10 heteroatoms. The minimum atomic E-state index is -3.70. The number of anilines is 1. The van der Waals surface area contributed by atoms with Gasteiger partial charge in [-0.2, -0.15) is 0 Å². The van der Waals surface area contributed by atoms with Crippen molar-refractivity contribution in [3.05, 3.63) is 58.4 Å². The Morgan fingerprint density at radius 3 is 2.51 bits per heavy atom. The molecular formula is C25H31ClN4O4S. The first-order valence-corrected chi connectivity index (χ1v) is 13.8. The number of aromatic nitrogens is 2. The molecule has 2 aromatic carbocycles. The van der Waals surface area contributed by atoms with Gasteiger partial charge in [-0.25, -0.2) is 18.1 Å². The third kappa shape index (κ3) is 7.05. The van der Waals surface area contributed by atoms with Crippen molar-refractivity contribution in [1.29, 1.82) is 0 Å². The minimum Gasteiger partial charge on any atom is -0.326 e. The van der Waals surface area contributed by atoms with Crippen molar-refractivity contribution in [2.24, 2.45) is 0 Å². The maximum Gasteiger partial charge on any atom is 0.264 e. The lowest BCUT2D eigenvalue weighted by atomic mass is 10.1. The number of hydrogen-bond acceptors (Lipinski definition) is 5. The van der Waals surface area contributed by atoms with Crippen LogP contribution in [0, 0.1) is 6.92 Å². The van der Waals surface area contributed by atoms with Crippen molar-refractivity contribution in [2.45, 2.75) is 59.4 Å². The van der Waals surface area contributed by atoms with Gasteiger partial charge in [-0.3, -0.25) is 9.59 Å². The van der Waals surface area contributed by atoms with E-state index in [1.165, 1.54) is 0 Å². The number of rotatable bonds is 11. The molecule has 3 aromatic rings. The standard InChI is InChI=1S/C25H31ClN4O4S/c1-4-6-7-13-35(33,34)29-25(32)18-10-12-22-23(14-18)30(17(3)27-22)16-19-9-11-20(15-21(19)26)28-24(31)8-5-2/h9-12,14-15H,4-8,13,16H2,1-3H3,(H,28,31)(H,29,32). The third-order valence-corrected chi connectivity index (χ3v) is 7.28. The topological polar surface area (TPSA) is 110 Å². The van der Waals surface area contributed by atoms with E-state index >= 15 is 0 Å². The summed E-state index contributed by atoms with van der Waals surface area (Å²) in [5.41, 5.74) is 3.05. The lowest BCUT2D eigenvalue weighted by Crippen LogP contribution is -2.32. The fourth-order valence-corrected chi connectivity index (χ4v) is 5.08. The Balaban J connectivity index is 1.82. The van der Waals surface area contributed by atoms with E-state index < -0.39 is 15.9 Å². The van der Waals surface area contributed by atoms with E-state index in [0.29, 0.717) is 41.1 Å². The maximum absolute atomic E-state index is 12.7. The fourth-order valence-electron chi connectivity index (χ4n) is 3.75. The zero-order valence-electron chi connectivity index (χ0n) is 20.2. The van der Waals surface area contributed by atoms with E-state index in [9.17, 15) is 18.0 Å². The van der Waals surface area contributed by atoms with Gasteiger partial charge in [-0.1, -0.05) is 44.4 Å². The monoisotopic (exact) mass is 518 g/mol. The molecule has 0 bridgehead atoms. The fraction of sp³-hybridized carbons (Fsp3) is 0.400. The molecule has 2 N–H and O–H groups in total. The lowest BCUT2D eigenvalue weighted by molar-refractivity contribution is -0.116. The quantitative estimate of drug-likeness (QED) is 0.346. The molecule has 0 unspecified atom stereocenters. The van der Waals surface area contributed by atoms with Crippen molar-refractivity contribution < 1.29 is 18.0 Å². The number of unbranched alkanes of at least 4 members (excludes halogenated alkanes) is 2. The Morgan fingerprint density at radius 1 is 1.06 bits per heavy atom. The summed E-state index contributed by atoms with van der Waals surface area (Å²) >= 11 is 6.50. The predicted molar refractivity (Wildman–Crippen MR) is 139 cm³/mol. The van der Waals surface area contributed by atoms with Crippen LogP contribution in [0.5, 0.6) is 0 Å². The first-order valence-electron chi connectivity index (χ1n) is 11.7. The average molecular weight is 519 g/mol. The second kappa shape index (κ2) is 11.7. The molecule has 0 spiro atoms. The molecule has 0 aliphatic heterocycles.